The molecular formula is C25H26F2N4O3. The second kappa shape index (κ2) is 8.16. The minimum atomic E-state index is -1.18. The van der Waals surface area contributed by atoms with Gasteiger partial charge in [0.15, 0.2) is 22.9 Å². The molecule has 1 aliphatic rings. The molecule has 3 heterocycles. The van der Waals surface area contributed by atoms with Crippen molar-refractivity contribution >= 4 is 28.0 Å². The van der Waals surface area contributed by atoms with Crippen LogP contribution in [0.15, 0.2) is 30.5 Å². The third kappa shape index (κ3) is 3.37. The van der Waals surface area contributed by atoms with Crippen molar-refractivity contribution in [2.24, 2.45) is 0 Å². The minimum Gasteiger partial charge on any atom is -0.479 e. The fourth-order valence-electron chi connectivity index (χ4n) is 5.36. The summed E-state index contributed by atoms with van der Waals surface area (Å²) in [5.41, 5.74) is 3.48. The Balaban J connectivity index is 1.75. The van der Waals surface area contributed by atoms with E-state index in [9.17, 15) is 18.7 Å². The first kappa shape index (κ1) is 22.5. The molecule has 0 radical (unpaired) electrons. The van der Waals surface area contributed by atoms with Gasteiger partial charge in [-0.1, -0.05) is 13.8 Å². The number of hydrogen-bond donors (Lipinski definition) is 2. The number of carbonyl (C=O) groups is 1. The van der Waals surface area contributed by atoms with Gasteiger partial charge >= 0.3 is 5.97 Å². The Bertz CT molecular complexity index is 1400. The maximum Gasteiger partial charge on any atom is 0.335 e. The molecule has 0 aliphatic heterocycles. The molecule has 0 spiro atoms. The predicted octanol–water partition coefficient (Wildman–Crippen LogP) is 5.43. The van der Waals surface area contributed by atoms with Gasteiger partial charge in [0.05, 0.1) is 17.2 Å². The summed E-state index contributed by atoms with van der Waals surface area (Å²) < 4.78 is 35.4. The zero-order chi connectivity index (χ0) is 24.2. The first-order valence-corrected chi connectivity index (χ1v) is 11.4. The Morgan fingerprint density at radius 3 is 2.59 bits per heavy atom. The molecule has 4 aromatic rings. The third-order valence-electron chi connectivity index (χ3n) is 7.11. The van der Waals surface area contributed by atoms with E-state index in [1.165, 1.54) is 13.2 Å². The van der Waals surface area contributed by atoms with E-state index in [-0.39, 0.29) is 11.8 Å². The summed E-state index contributed by atoms with van der Waals surface area (Å²) in [7, 11) is 1.44. The number of nitrogens with zero attached hydrogens (tertiary/aromatic N) is 3. The number of H-pyrrole nitrogens is 1. The second-order valence-electron chi connectivity index (χ2n) is 9.33. The molecule has 0 bridgehead atoms. The quantitative estimate of drug-likeness (QED) is 0.407. The molecule has 178 valence electrons. The standard InChI is InChI=1S/C25H26F2N4O3/c1-13(2)22-20(14-6-8-25(34-3,9-7-14)24(32)33)21-19(10-15-12-28-30-23(15)29-21)31(22)16-4-5-17(26)18(27)11-16/h4-5,10-14H,6-9H2,1-3H3,(H,32,33)(H,28,29,30)/t14-,25+. The summed E-state index contributed by atoms with van der Waals surface area (Å²) in [5, 5.41) is 17.6. The van der Waals surface area contributed by atoms with Crippen LogP contribution in [0.4, 0.5) is 8.78 Å². The van der Waals surface area contributed by atoms with Crippen molar-refractivity contribution in [1.82, 2.24) is 19.7 Å². The van der Waals surface area contributed by atoms with E-state index < -0.39 is 23.2 Å². The maximum absolute atomic E-state index is 14.3. The van der Waals surface area contributed by atoms with Crippen LogP contribution in [0.3, 0.4) is 0 Å². The fraction of sp³-hybridized carbons (Fsp3) is 0.400. The number of rotatable bonds is 5. The Morgan fingerprint density at radius 1 is 1.24 bits per heavy atom. The molecule has 1 fully saturated rings. The molecule has 1 aliphatic carbocycles. The van der Waals surface area contributed by atoms with Crippen LogP contribution in [0.1, 0.15) is 62.6 Å². The number of aromatic nitrogens is 4. The van der Waals surface area contributed by atoms with Crippen molar-refractivity contribution in [2.45, 2.75) is 57.0 Å². The molecule has 0 saturated heterocycles. The van der Waals surface area contributed by atoms with Crippen molar-refractivity contribution in [1.29, 1.82) is 0 Å². The monoisotopic (exact) mass is 468 g/mol. The molecular weight excluding hydrogens is 442 g/mol. The van der Waals surface area contributed by atoms with Gasteiger partial charge in [-0.15, -0.1) is 0 Å². The average Bonchev–Trinajstić information content (AvgIpc) is 3.41. The minimum absolute atomic E-state index is 0.0435. The molecule has 1 saturated carbocycles. The van der Waals surface area contributed by atoms with Crippen LogP contribution >= 0.6 is 0 Å². The van der Waals surface area contributed by atoms with Crippen LogP contribution in [-0.4, -0.2) is 43.5 Å². The van der Waals surface area contributed by atoms with Crippen LogP contribution in [0.5, 0.6) is 0 Å². The maximum atomic E-state index is 14.3. The number of ether oxygens (including phenoxy) is 1. The number of hydrogen-bond acceptors (Lipinski definition) is 4. The summed E-state index contributed by atoms with van der Waals surface area (Å²) >= 11 is 0. The molecule has 34 heavy (non-hydrogen) atoms. The number of benzene rings is 1. The molecule has 5 rings (SSSR count). The zero-order valence-electron chi connectivity index (χ0n) is 19.2. The van der Waals surface area contributed by atoms with Crippen LogP contribution in [0.25, 0.3) is 27.8 Å². The van der Waals surface area contributed by atoms with Crippen LogP contribution < -0.4 is 0 Å². The summed E-state index contributed by atoms with van der Waals surface area (Å²) in [6.07, 6.45) is 3.66. The van der Waals surface area contributed by atoms with E-state index in [0.29, 0.717) is 37.0 Å². The SMILES string of the molecule is CO[C@]1(C(=O)O)CC[C@H](c2c(C(C)C)n(-c3ccc(F)c(F)c3)c3cc4cn[nH]c4nc32)CC1. The molecule has 9 heteroatoms. The molecule has 2 N–H and O–H groups in total. The van der Waals surface area contributed by atoms with Crippen molar-refractivity contribution < 1.29 is 23.4 Å². The van der Waals surface area contributed by atoms with Gasteiger partial charge in [-0.05, 0) is 55.7 Å². The first-order valence-electron chi connectivity index (χ1n) is 11.4. The summed E-state index contributed by atoms with van der Waals surface area (Å²) in [6, 6.07) is 5.85. The Morgan fingerprint density at radius 2 is 1.97 bits per heavy atom. The van der Waals surface area contributed by atoms with Gasteiger partial charge in [0.25, 0.3) is 0 Å². The Labute approximate surface area is 194 Å². The number of aromatic amines is 1. The van der Waals surface area contributed by atoms with Gasteiger partial charge < -0.3 is 14.4 Å². The highest BCUT2D eigenvalue weighted by atomic mass is 19.2. The van der Waals surface area contributed by atoms with Gasteiger partial charge in [-0.2, -0.15) is 5.10 Å². The fourth-order valence-corrected chi connectivity index (χ4v) is 5.36. The molecule has 0 atom stereocenters. The zero-order valence-corrected chi connectivity index (χ0v) is 19.2. The lowest BCUT2D eigenvalue weighted by molar-refractivity contribution is -0.166. The highest BCUT2D eigenvalue weighted by Gasteiger charge is 2.44. The van der Waals surface area contributed by atoms with Crippen LogP contribution in [0, 0.1) is 11.6 Å². The van der Waals surface area contributed by atoms with E-state index in [2.05, 4.69) is 24.0 Å². The van der Waals surface area contributed by atoms with Crippen molar-refractivity contribution in [3.63, 3.8) is 0 Å². The smallest absolute Gasteiger partial charge is 0.335 e. The van der Waals surface area contributed by atoms with Crippen molar-refractivity contribution in [2.75, 3.05) is 7.11 Å². The number of halogens is 2. The molecule has 1 aromatic carbocycles. The van der Waals surface area contributed by atoms with E-state index in [1.807, 2.05) is 10.6 Å². The highest BCUT2D eigenvalue weighted by molar-refractivity contribution is 5.93. The van der Waals surface area contributed by atoms with Crippen LogP contribution in [0.2, 0.25) is 0 Å². The topological polar surface area (TPSA) is 93.0 Å². The number of aliphatic carboxylic acids is 1. The number of pyridine rings is 1. The first-order chi connectivity index (χ1) is 16.3. The van der Waals surface area contributed by atoms with Gasteiger partial charge in [0, 0.05) is 35.5 Å². The molecule has 7 nitrogen and oxygen atoms in total. The lowest BCUT2D eigenvalue weighted by atomic mass is 9.75. The molecule has 3 aromatic heterocycles. The Kier molecular flexibility index (Phi) is 5.39. The summed E-state index contributed by atoms with van der Waals surface area (Å²) in [5.74, 6) is -2.68. The lowest BCUT2D eigenvalue weighted by Crippen LogP contribution is -2.43. The van der Waals surface area contributed by atoms with E-state index in [1.54, 1.807) is 12.3 Å². The summed E-state index contributed by atoms with van der Waals surface area (Å²) in [6.45, 7) is 4.11. The number of carboxylic acids is 1. The van der Waals surface area contributed by atoms with Gasteiger partial charge in [0.2, 0.25) is 0 Å². The van der Waals surface area contributed by atoms with Crippen molar-refractivity contribution in [3.8, 4) is 5.69 Å². The molecule has 0 unspecified atom stereocenters. The molecule has 0 amide bonds. The van der Waals surface area contributed by atoms with E-state index >= 15 is 0 Å². The predicted molar refractivity (Wildman–Crippen MR) is 123 cm³/mol. The van der Waals surface area contributed by atoms with E-state index in [4.69, 9.17) is 9.72 Å². The number of methoxy groups -OCH3 is 1. The van der Waals surface area contributed by atoms with Crippen molar-refractivity contribution in [3.05, 3.63) is 53.4 Å². The summed E-state index contributed by atoms with van der Waals surface area (Å²) in [4.78, 5) is 16.8. The van der Waals surface area contributed by atoms with Crippen LogP contribution in [-0.2, 0) is 9.53 Å². The highest BCUT2D eigenvalue weighted by Crippen LogP contribution is 2.46. The van der Waals surface area contributed by atoms with Gasteiger partial charge in [-0.3, -0.25) is 5.10 Å². The Hall–Kier alpha value is -3.33. The van der Waals surface area contributed by atoms with Gasteiger partial charge in [-0.25, -0.2) is 18.6 Å². The number of nitrogens with one attached hydrogen (secondary N) is 1. The number of carboxylic acid groups (broad SMARTS) is 1. The largest absolute Gasteiger partial charge is 0.479 e. The van der Waals surface area contributed by atoms with E-state index in [0.717, 1.165) is 33.7 Å². The second-order valence-corrected chi connectivity index (χ2v) is 9.33. The number of fused-ring (bicyclic) bond motifs is 2. The normalized spacial score (nSPS) is 21.1. The third-order valence-corrected chi connectivity index (χ3v) is 7.11. The average molecular weight is 469 g/mol. The lowest BCUT2D eigenvalue weighted by Gasteiger charge is -2.36. The van der Waals surface area contributed by atoms with Gasteiger partial charge in [0.1, 0.15) is 0 Å².